The zero-order valence-corrected chi connectivity index (χ0v) is 7.13. The first-order chi connectivity index (χ1) is 5.34. The standard InChI is InChI=1S/C10H14O/c1-3-4-6-9(2)10-7-5-8-11-10/h4-6,8H,3,7H2,1-2H3/b6-4-,10-9+. The van der Waals surface area contributed by atoms with Gasteiger partial charge in [0.05, 0.1) is 6.26 Å². The molecule has 0 aliphatic carbocycles. The molecule has 0 saturated heterocycles. The van der Waals surface area contributed by atoms with E-state index in [4.69, 9.17) is 4.74 Å². The summed E-state index contributed by atoms with van der Waals surface area (Å²) >= 11 is 0. The minimum Gasteiger partial charge on any atom is -0.469 e. The van der Waals surface area contributed by atoms with Crippen LogP contribution < -0.4 is 0 Å². The third-order valence-electron chi connectivity index (χ3n) is 1.65. The number of hydrogen-bond donors (Lipinski definition) is 0. The smallest absolute Gasteiger partial charge is 0.110 e. The molecule has 1 aliphatic heterocycles. The fraction of sp³-hybridized carbons (Fsp3) is 0.400. The fourth-order valence-corrected chi connectivity index (χ4v) is 0.975. The van der Waals surface area contributed by atoms with Crippen molar-refractivity contribution in [2.45, 2.75) is 26.7 Å². The number of ether oxygens (including phenoxy) is 1. The molecule has 60 valence electrons. The zero-order valence-electron chi connectivity index (χ0n) is 7.13. The topological polar surface area (TPSA) is 9.23 Å². The first kappa shape index (κ1) is 8.12. The number of hydrogen-bond acceptors (Lipinski definition) is 1. The van der Waals surface area contributed by atoms with Gasteiger partial charge in [-0.05, 0) is 25.0 Å². The van der Waals surface area contributed by atoms with Crippen LogP contribution in [0.5, 0.6) is 0 Å². The normalized spacial score (nSPS) is 20.9. The Morgan fingerprint density at radius 2 is 2.55 bits per heavy atom. The summed E-state index contributed by atoms with van der Waals surface area (Å²) in [6, 6.07) is 0. The van der Waals surface area contributed by atoms with Crippen LogP contribution in [-0.2, 0) is 4.74 Å². The molecule has 0 bridgehead atoms. The van der Waals surface area contributed by atoms with Crippen LogP contribution in [0, 0.1) is 0 Å². The third kappa shape index (κ3) is 2.26. The fourth-order valence-electron chi connectivity index (χ4n) is 0.975. The molecule has 0 aromatic heterocycles. The summed E-state index contributed by atoms with van der Waals surface area (Å²) < 4.78 is 5.26. The first-order valence-corrected chi connectivity index (χ1v) is 4.02. The summed E-state index contributed by atoms with van der Waals surface area (Å²) in [6.07, 6.45) is 10.1. The van der Waals surface area contributed by atoms with Crippen molar-refractivity contribution < 1.29 is 4.74 Å². The Hall–Kier alpha value is -0.980. The molecule has 0 aromatic carbocycles. The van der Waals surface area contributed by atoms with E-state index >= 15 is 0 Å². The Bertz CT molecular complexity index is 199. The average Bonchev–Trinajstić information content (AvgIpc) is 2.52. The number of rotatable bonds is 2. The molecule has 1 nitrogen and oxygen atoms in total. The number of allylic oxidation sites excluding steroid dienone is 4. The lowest BCUT2D eigenvalue weighted by atomic mass is 10.2. The minimum absolute atomic E-state index is 0.944. The highest BCUT2D eigenvalue weighted by Crippen LogP contribution is 2.18. The van der Waals surface area contributed by atoms with Gasteiger partial charge in [-0.3, -0.25) is 0 Å². The Morgan fingerprint density at radius 1 is 1.73 bits per heavy atom. The maximum absolute atomic E-state index is 5.26. The molecule has 1 heteroatoms. The summed E-state index contributed by atoms with van der Waals surface area (Å²) in [5.41, 5.74) is 1.23. The molecule has 0 fully saturated rings. The molecule has 1 aliphatic rings. The average molecular weight is 150 g/mol. The lowest BCUT2D eigenvalue weighted by Crippen LogP contribution is -1.81. The second-order valence-corrected chi connectivity index (χ2v) is 2.61. The van der Waals surface area contributed by atoms with E-state index in [0.29, 0.717) is 0 Å². The Labute approximate surface area is 68.1 Å². The highest BCUT2D eigenvalue weighted by molar-refractivity contribution is 5.23. The Balaban J connectivity index is 2.57. The van der Waals surface area contributed by atoms with Gasteiger partial charge in [-0.15, -0.1) is 0 Å². The monoisotopic (exact) mass is 150 g/mol. The van der Waals surface area contributed by atoms with Gasteiger partial charge in [0.2, 0.25) is 0 Å². The lowest BCUT2D eigenvalue weighted by molar-refractivity contribution is 0.363. The van der Waals surface area contributed by atoms with Crippen molar-refractivity contribution in [2.75, 3.05) is 0 Å². The summed E-state index contributed by atoms with van der Waals surface area (Å²) in [5, 5.41) is 0. The van der Waals surface area contributed by atoms with Gasteiger partial charge in [0.1, 0.15) is 5.76 Å². The van der Waals surface area contributed by atoms with Crippen molar-refractivity contribution >= 4 is 0 Å². The summed E-state index contributed by atoms with van der Waals surface area (Å²) in [7, 11) is 0. The van der Waals surface area contributed by atoms with Crippen molar-refractivity contribution in [3.63, 3.8) is 0 Å². The van der Waals surface area contributed by atoms with E-state index in [1.165, 1.54) is 5.57 Å². The van der Waals surface area contributed by atoms with Crippen LogP contribution in [0.25, 0.3) is 0 Å². The van der Waals surface area contributed by atoms with Gasteiger partial charge in [0.25, 0.3) is 0 Å². The van der Waals surface area contributed by atoms with Gasteiger partial charge in [0.15, 0.2) is 0 Å². The molecule has 0 atom stereocenters. The van der Waals surface area contributed by atoms with Crippen molar-refractivity contribution in [1.82, 2.24) is 0 Å². The first-order valence-electron chi connectivity index (χ1n) is 4.02. The van der Waals surface area contributed by atoms with Crippen molar-refractivity contribution in [3.05, 3.63) is 35.8 Å². The van der Waals surface area contributed by atoms with E-state index in [1.807, 2.05) is 6.08 Å². The maximum Gasteiger partial charge on any atom is 0.110 e. The van der Waals surface area contributed by atoms with Gasteiger partial charge in [-0.25, -0.2) is 0 Å². The highest BCUT2D eigenvalue weighted by atomic mass is 16.5. The van der Waals surface area contributed by atoms with Crippen LogP contribution in [0.1, 0.15) is 26.7 Å². The van der Waals surface area contributed by atoms with Crippen molar-refractivity contribution in [3.8, 4) is 0 Å². The summed E-state index contributed by atoms with van der Waals surface area (Å²) in [4.78, 5) is 0. The van der Waals surface area contributed by atoms with Crippen LogP contribution in [-0.4, -0.2) is 0 Å². The van der Waals surface area contributed by atoms with Crippen LogP contribution in [0.15, 0.2) is 35.8 Å². The van der Waals surface area contributed by atoms with Gasteiger partial charge in [-0.1, -0.05) is 19.1 Å². The van der Waals surface area contributed by atoms with Gasteiger partial charge < -0.3 is 4.74 Å². The molecule has 0 saturated carbocycles. The highest BCUT2D eigenvalue weighted by Gasteiger charge is 2.02. The van der Waals surface area contributed by atoms with E-state index in [9.17, 15) is 0 Å². The quantitative estimate of drug-likeness (QED) is 0.587. The zero-order chi connectivity index (χ0) is 8.10. The van der Waals surface area contributed by atoms with Crippen LogP contribution in [0.4, 0.5) is 0 Å². The van der Waals surface area contributed by atoms with Crippen LogP contribution in [0.3, 0.4) is 0 Å². The van der Waals surface area contributed by atoms with E-state index in [1.54, 1.807) is 6.26 Å². The van der Waals surface area contributed by atoms with Gasteiger partial charge in [-0.2, -0.15) is 0 Å². The Morgan fingerprint density at radius 3 is 3.09 bits per heavy atom. The largest absolute Gasteiger partial charge is 0.469 e. The molecule has 1 heterocycles. The molecular formula is C10H14O. The van der Waals surface area contributed by atoms with Crippen LogP contribution in [0.2, 0.25) is 0 Å². The molecular weight excluding hydrogens is 136 g/mol. The maximum atomic E-state index is 5.26. The molecule has 0 radical (unpaired) electrons. The SMILES string of the molecule is CC/C=C\C(C)=C1/CC=CO1. The van der Waals surface area contributed by atoms with E-state index in [0.717, 1.165) is 18.6 Å². The predicted octanol–water partition coefficient (Wildman–Crippen LogP) is 3.16. The molecule has 0 N–H and O–H groups in total. The third-order valence-corrected chi connectivity index (χ3v) is 1.65. The molecule has 0 spiro atoms. The van der Waals surface area contributed by atoms with Crippen molar-refractivity contribution in [2.24, 2.45) is 0 Å². The second-order valence-electron chi connectivity index (χ2n) is 2.61. The van der Waals surface area contributed by atoms with E-state index < -0.39 is 0 Å². The van der Waals surface area contributed by atoms with Crippen molar-refractivity contribution in [1.29, 1.82) is 0 Å². The van der Waals surface area contributed by atoms with Gasteiger partial charge in [0, 0.05) is 6.42 Å². The summed E-state index contributed by atoms with van der Waals surface area (Å²) in [6.45, 7) is 4.21. The second kappa shape index (κ2) is 4.02. The molecule has 0 amide bonds. The predicted molar refractivity (Wildman–Crippen MR) is 47.0 cm³/mol. The van der Waals surface area contributed by atoms with Gasteiger partial charge >= 0.3 is 0 Å². The minimum atomic E-state index is 0.944. The van der Waals surface area contributed by atoms with Crippen LogP contribution >= 0.6 is 0 Å². The Kier molecular flexibility index (Phi) is 2.96. The molecule has 11 heavy (non-hydrogen) atoms. The summed E-state index contributed by atoms with van der Waals surface area (Å²) in [5.74, 6) is 1.08. The molecule has 0 aromatic rings. The molecule has 0 unspecified atom stereocenters. The van der Waals surface area contributed by atoms with E-state index in [2.05, 4.69) is 26.0 Å². The molecule has 1 rings (SSSR count). The van der Waals surface area contributed by atoms with E-state index in [-0.39, 0.29) is 0 Å². The lowest BCUT2D eigenvalue weighted by Gasteiger charge is -1.99.